The number of fused-ring (bicyclic) bond motifs is 1. The summed E-state index contributed by atoms with van der Waals surface area (Å²) in [6, 6.07) is 17.6. The van der Waals surface area contributed by atoms with Gasteiger partial charge in [0.25, 0.3) is 10.0 Å². The summed E-state index contributed by atoms with van der Waals surface area (Å²) in [5.41, 5.74) is 0.736. The van der Waals surface area contributed by atoms with E-state index in [0.717, 1.165) is 0 Å². The van der Waals surface area contributed by atoms with E-state index in [9.17, 15) is 21.7 Å². The number of benzene rings is 3. The lowest BCUT2D eigenvalue weighted by atomic mass is 10.2. The molecule has 0 bridgehead atoms. The molecule has 0 atom stereocenters. The Morgan fingerprint density at radius 3 is 2.31 bits per heavy atom. The molecule has 0 fully saturated rings. The normalized spacial score (nSPS) is 12.0. The average Bonchev–Trinajstić information content (AvgIpc) is 3.19. The molecular formula is C21H15ClN2O6S2. The van der Waals surface area contributed by atoms with Crippen molar-refractivity contribution in [2.45, 2.75) is 15.7 Å². The molecule has 8 nitrogen and oxygen atoms in total. The molecule has 4 aromatic rings. The van der Waals surface area contributed by atoms with Gasteiger partial charge in [-0.1, -0.05) is 41.9 Å². The van der Waals surface area contributed by atoms with Crippen molar-refractivity contribution in [2.24, 2.45) is 5.18 Å². The average molecular weight is 491 g/mol. The summed E-state index contributed by atoms with van der Waals surface area (Å²) in [7, 11) is -8.23. The van der Waals surface area contributed by atoms with Crippen molar-refractivity contribution in [1.82, 2.24) is 0 Å². The lowest BCUT2D eigenvalue weighted by Gasteiger charge is -2.13. The van der Waals surface area contributed by atoms with E-state index in [2.05, 4.69) is 9.90 Å². The van der Waals surface area contributed by atoms with Crippen molar-refractivity contribution in [3.8, 4) is 0 Å². The number of hydrogen-bond acceptors (Lipinski definition) is 7. The monoisotopic (exact) mass is 490 g/mol. The van der Waals surface area contributed by atoms with E-state index < -0.39 is 25.6 Å². The van der Waals surface area contributed by atoms with Crippen LogP contribution in [0.2, 0.25) is 5.02 Å². The van der Waals surface area contributed by atoms with Crippen molar-refractivity contribution in [3.63, 3.8) is 0 Å². The molecule has 0 aliphatic heterocycles. The Hall–Kier alpha value is -3.21. The molecule has 11 heteroatoms. The highest BCUT2D eigenvalue weighted by Crippen LogP contribution is 2.31. The topological polar surface area (TPSA) is 123 Å². The number of sulfonamides is 1. The zero-order valence-corrected chi connectivity index (χ0v) is 18.6. The first-order chi connectivity index (χ1) is 15.2. The highest BCUT2D eigenvalue weighted by Gasteiger charge is 2.25. The maximum Gasteiger partial charge on any atom is 0.295 e. The van der Waals surface area contributed by atoms with Crippen LogP contribution in [0.4, 0.5) is 11.4 Å². The summed E-state index contributed by atoms with van der Waals surface area (Å²) in [6.07, 6.45) is 0. The van der Waals surface area contributed by atoms with E-state index in [1.807, 2.05) is 0 Å². The van der Waals surface area contributed by atoms with Gasteiger partial charge in [0.1, 0.15) is 11.3 Å². The number of furan rings is 1. The van der Waals surface area contributed by atoms with Crippen LogP contribution in [0.5, 0.6) is 0 Å². The van der Waals surface area contributed by atoms with Crippen molar-refractivity contribution in [3.05, 3.63) is 88.3 Å². The third kappa shape index (κ3) is 4.52. The molecule has 0 amide bonds. The maximum atomic E-state index is 13.1. The van der Waals surface area contributed by atoms with Crippen LogP contribution < -0.4 is 4.72 Å². The lowest BCUT2D eigenvalue weighted by molar-refractivity contribution is 0.484. The van der Waals surface area contributed by atoms with Crippen LogP contribution in [0.25, 0.3) is 11.0 Å². The number of nitrogens with one attached hydrogen (secondary N) is 1. The maximum absolute atomic E-state index is 13.1. The third-order valence-corrected chi connectivity index (χ3v) is 7.78. The van der Waals surface area contributed by atoms with Crippen LogP contribution in [0.15, 0.2) is 92.4 Å². The van der Waals surface area contributed by atoms with Gasteiger partial charge in [-0.15, -0.1) is 4.91 Å². The van der Waals surface area contributed by atoms with Crippen LogP contribution in [-0.4, -0.2) is 16.8 Å². The van der Waals surface area contributed by atoms with E-state index in [1.165, 1.54) is 48.5 Å². The molecule has 164 valence electrons. The molecule has 1 N–H and O–H groups in total. The van der Waals surface area contributed by atoms with E-state index in [4.69, 9.17) is 16.0 Å². The minimum atomic E-state index is -4.24. The molecule has 32 heavy (non-hydrogen) atoms. The molecule has 4 rings (SSSR count). The molecule has 0 radical (unpaired) electrons. The molecule has 0 spiro atoms. The summed E-state index contributed by atoms with van der Waals surface area (Å²) in [6.45, 7) is 0. The van der Waals surface area contributed by atoms with Crippen LogP contribution in [0.1, 0.15) is 5.56 Å². The zero-order valence-electron chi connectivity index (χ0n) is 16.2. The summed E-state index contributed by atoms with van der Waals surface area (Å²) < 4.78 is 59.6. The number of sulfone groups is 1. The van der Waals surface area contributed by atoms with Gasteiger partial charge in [0.2, 0.25) is 5.09 Å². The van der Waals surface area contributed by atoms with Crippen LogP contribution in [-0.2, 0) is 25.6 Å². The first kappa shape index (κ1) is 22.0. The van der Waals surface area contributed by atoms with Gasteiger partial charge in [0.05, 0.1) is 16.3 Å². The molecule has 0 aliphatic rings. The summed E-state index contributed by atoms with van der Waals surface area (Å²) in [4.78, 5) is 10.3. The Bertz CT molecular complexity index is 1500. The van der Waals surface area contributed by atoms with E-state index in [0.29, 0.717) is 16.5 Å². The second-order valence-electron chi connectivity index (χ2n) is 6.87. The standard InChI is InChI=1S/C21H15ClN2O6S2/c22-16-7-10-20(31(26,27)13-14-5-8-17(23-25)9-6-14)18(12-16)24-32(28,29)21-11-15-3-1-2-4-19(15)30-21/h1-12,24H,13H2. The SMILES string of the molecule is O=Nc1ccc(CS(=O)(=O)c2ccc(Cl)cc2NS(=O)(=O)c2cc3ccccc3o2)cc1. The van der Waals surface area contributed by atoms with E-state index >= 15 is 0 Å². The van der Waals surface area contributed by atoms with Gasteiger partial charge in [0, 0.05) is 16.5 Å². The van der Waals surface area contributed by atoms with Crippen molar-refractivity contribution < 1.29 is 21.3 Å². The van der Waals surface area contributed by atoms with Crippen molar-refractivity contribution in [2.75, 3.05) is 4.72 Å². The van der Waals surface area contributed by atoms with Gasteiger partial charge >= 0.3 is 0 Å². The molecule has 0 aliphatic carbocycles. The Kier molecular flexibility index (Phi) is 5.76. The third-order valence-electron chi connectivity index (χ3n) is 4.59. The largest absolute Gasteiger partial charge is 0.443 e. The first-order valence-electron chi connectivity index (χ1n) is 9.14. The number of nitroso groups, excluding NO2 is 1. The predicted molar refractivity (Wildman–Crippen MR) is 121 cm³/mol. The van der Waals surface area contributed by atoms with E-state index in [-0.39, 0.29) is 26.4 Å². The molecular weight excluding hydrogens is 476 g/mol. The molecule has 1 aromatic heterocycles. The highest BCUT2D eigenvalue weighted by atomic mass is 35.5. The van der Waals surface area contributed by atoms with Gasteiger partial charge < -0.3 is 4.42 Å². The summed E-state index contributed by atoms with van der Waals surface area (Å²) in [5.74, 6) is -0.423. The van der Waals surface area contributed by atoms with Crippen molar-refractivity contribution >= 4 is 53.8 Å². The van der Waals surface area contributed by atoms with E-state index in [1.54, 1.807) is 24.3 Å². The predicted octanol–water partition coefficient (Wildman–Crippen LogP) is 5.26. The summed E-state index contributed by atoms with van der Waals surface area (Å²) in [5, 5.41) is 3.14. The second-order valence-corrected chi connectivity index (χ2v) is 10.9. The number of para-hydroxylation sites is 1. The number of halogens is 1. The molecule has 0 unspecified atom stereocenters. The van der Waals surface area contributed by atoms with Gasteiger partial charge in [0.15, 0.2) is 9.84 Å². The lowest BCUT2D eigenvalue weighted by Crippen LogP contribution is -2.16. The molecule has 3 aromatic carbocycles. The second kappa shape index (κ2) is 8.38. The smallest absolute Gasteiger partial charge is 0.295 e. The fourth-order valence-corrected chi connectivity index (χ4v) is 5.87. The minimum Gasteiger partial charge on any atom is -0.443 e. The number of anilines is 1. The van der Waals surface area contributed by atoms with Gasteiger partial charge in [-0.3, -0.25) is 4.72 Å². The Balaban J connectivity index is 1.70. The van der Waals surface area contributed by atoms with Gasteiger partial charge in [-0.05, 0) is 47.1 Å². The Labute approximate surface area is 188 Å². The zero-order chi connectivity index (χ0) is 22.9. The van der Waals surface area contributed by atoms with Gasteiger partial charge in [-0.2, -0.15) is 8.42 Å². The van der Waals surface area contributed by atoms with Crippen LogP contribution in [0.3, 0.4) is 0 Å². The minimum absolute atomic E-state index is 0.146. The molecule has 0 saturated carbocycles. The number of nitrogens with zero attached hydrogens (tertiary/aromatic N) is 1. The molecule has 0 saturated heterocycles. The quantitative estimate of drug-likeness (QED) is 0.352. The fraction of sp³-hybridized carbons (Fsp3) is 0.0476. The van der Waals surface area contributed by atoms with Crippen LogP contribution in [0, 0.1) is 4.91 Å². The molecule has 1 heterocycles. The Morgan fingerprint density at radius 2 is 1.62 bits per heavy atom. The first-order valence-corrected chi connectivity index (χ1v) is 12.7. The Morgan fingerprint density at radius 1 is 0.906 bits per heavy atom. The van der Waals surface area contributed by atoms with Crippen LogP contribution >= 0.6 is 11.6 Å². The van der Waals surface area contributed by atoms with Crippen molar-refractivity contribution in [1.29, 1.82) is 0 Å². The number of hydrogen-bond donors (Lipinski definition) is 1. The van der Waals surface area contributed by atoms with Gasteiger partial charge in [-0.25, -0.2) is 8.42 Å². The summed E-state index contributed by atoms with van der Waals surface area (Å²) >= 11 is 6.01. The fourth-order valence-electron chi connectivity index (χ4n) is 3.09. The highest BCUT2D eigenvalue weighted by molar-refractivity contribution is 7.93. The number of rotatable bonds is 7.